The van der Waals surface area contributed by atoms with Crippen LogP contribution in [-0.4, -0.2) is 25.8 Å². The molecule has 4 heteroatoms. The molecule has 16 heavy (non-hydrogen) atoms. The van der Waals surface area contributed by atoms with Gasteiger partial charge in [-0.1, -0.05) is 6.07 Å². The minimum absolute atomic E-state index is 0.177. The van der Waals surface area contributed by atoms with Crippen LogP contribution in [0.2, 0.25) is 0 Å². The molecule has 0 spiro atoms. The zero-order valence-electron chi connectivity index (χ0n) is 9.37. The molecular formula is C12H14FNO2. The molecule has 0 radical (unpaired) electrons. The minimum atomic E-state index is -0.177. The molecule has 1 heterocycles. The molecule has 2 rings (SSSR count). The Morgan fingerprint density at radius 2 is 2.12 bits per heavy atom. The summed E-state index contributed by atoms with van der Waals surface area (Å²) in [5.41, 5.74) is 0.875. The predicted octanol–water partition coefficient (Wildman–Crippen LogP) is 2.33. The molecule has 0 aromatic heterocycles. The third-order valence-corrected chi connectivity index (χ3v) is 2.21. The van der Waals surface area contributed by atoms with Crippen LogP contribution in [0.5, 0.6) is 11.5 Å². The first-order chi connectivity index (χ1) is 7.65. The van der Waals surface area contributed by atoms with E-state index in [1.807, 2.05) is 12.1 Å². The molecule has 0 fully saturated rings. The zero-order valence-corrected chi connectivity index (χ0v) is 9.37. The highest BCUT2D eigenvalue weighted by molar-refractivity contribution is 5.45. The van der Waals surface area contributed by atoms with Gasteiger partial charge in [-0.3, -0.25) is 0 Å². The van der Waals surface area contributed by atoms with Gasteiger partial charge in [-0.15, -0.1) is 0 Å². The van der Waals surface area contributed by atoms with E-state index in [-0.39, 0.29) is 19.0 Å². The van der Waals surface area contributed by atoms with Crippen LogP contribution in [0.1, 0.15) is 5.56 Å². The maximum atomic E-state index is 13.4. The van der Waals surface area contributed by atoms with E-state index in [0.717, 1.165) is 11.3 Å². The SMILES string of the molecule is CN(C)/C=C(\F)Cc1ccc2c(c1)OCO2. The van der Waals surface area contributed by atoms with Crippen molar-refractivity contribution in [2.45, 2.75) is 6.42 Å². The van der Waals surface area contributed by atoms with Gasteiger partial charge in [-0.25, -0.2) is 4.39 Å². The maximum absolute atomic E-state index is 13.4. The summed E-state index contributed by atoms with van der Waals surface area (Å²) >= 11 is 0. The number of rotatable bonds is 3. The Labute approximate surface area is 94.1 Å². The number of ether oxygens (including phenoxy) is 2. The number of benzene rings is 1. The van der Waals surface area contributed by atoms with E-state index in [4.69, 9.17) is 9.47 Å². The number of fused-ring (bicyclic) bond motifs is 1. The van der Waals surface area contributed by atoms with Gasteiger partial charge < -0.3 is 14.4 Å². The Bertz CT molecular complexity index is 415. The monoisotopic (exact) mass is 223 g/mol. The molecule has 0 atom stereocenters. The molecule has 0 amide bonds. The van der Waals surface area contributed by atoms with Crippen LogP contribution >= 0.6 is 0 Å². The number of halogens is 1. The Morgan fingerprint density at radius 3 is 2.88 bits per heavy atom. The lowest BCUT2D eigenvalue weighted by atomic mass is 10.1. The summed E-state index contributed by atoms with van der Waals surface area (Å²) in [5.74, 6) is 1.24. The lowest BCUT2D eigenvalue weighted by molar-refractivity contribution is 0.174. The first-order valence-corrected chi connectivity index (χ1v) is 5.06. The quantitative estimate of drug-likeness (QED) is 0.785. The molecule has 1 aromatic carbocycles. The van der Waals surface area contributed by atoms with Gasteiger partial charge >= 0.3 is 0 Å². The lowest BCUT2D eigenvalue weighted by Crippen LogP contribution is -2.02. The van der Waals surface area contributed by atoms with Crippen LogP contribution in [0, 0.1) is 0 Å². The van der Waals surface area contributed by atoms with Crippen molar-refractivity contribution < 1.29 is 13.9 Å². The van der Waals surface area contributed by atoms with Gasteiger partial charge in [0.25, 0.3) is 0 Å². The number of hydrogen-bond donors (Lipinski definition) is 0. The van der Waals surface area contributed by atoms with Crippen LogP contribution in [0.4, 0.5) is 4.39 Å². The minimum Gasteiger partial charge on any atom is -0.454 e. The van der Waals surface area contributed by atoms with E-state index in [1.54, 1.807) is 25.1 Å². The standard InChI is InChI=1S/C12H14FNO2/c1-14(2)7-10(13)5-9-3-4-11-12(6-9)16-8-15-11/h3-4,6-7H,5,8H2,1-2H3/b10-7-. The summed E-state index contributed by atoms with van der Waals surface area (Å²) in [6.45, 7) is 0.245. The highest BCUT2D eigenvalue weighted by Gasteiger charge is 2.13. The van der Waals surface area contributed by atoms with Gasteiger partial charge in [0.05, 0.1) is 0 Å². The fourth-order valence-electron chi connectivity index (χ4n) is 1.57. The molecule has 1 aliphatic rings. The average Bonchev–Trinajstić information content (AvgIpc) is 2.63. The van der Waals surface area contributed by atoms with Crippen LogP contribution in [0.15, 0.2) is 30.2 Å². The average molecular weight is 223 g/mol. The van der Waals surface area contributed by atoms with Crippen LogP contribution in [0.25, 0.3) is 0 Å². The molecule has 1 aliphatic heterocycles. The third kappa shape index (κ3) is 2.45. The molecule has 0 aliphatic carbocycles. The van der Waals surface area contributed by atoms with Gasteiger partial charge in [-0.2, -0.15) is 0 Å². The van der Waals surface area contributed by atoms with Crippen molar-refractivity contribution in [2.75, 3.05) is 20.9 Å². The largest absolute Gasteiger partial charge is 0.454 e. The van der Waals surface area contributed by atoms with Crippen molar-refractivity contribution in [2.24, 2.45) is 0 Å². The lowest BCUT2D eigenvalue weighted by Gasteiger charge is -2.06. The van der Waals surface area contributed by atoms with E-state index < -0.39 is 0 Å². The molecule has 86 valence electrons. The predicted molar refractivity (Wildman–Crippen MR) is 59.1 cm³/mol. The van der Waals surface area contributed by atoms with Gasteiger partial charge in [0.2, 0.25) is 6.79 Å². The summed E-state index contributed by atoms with van der Waals surface area (Å²) in [6, 6.07) is 5.46. The molecule has 1 aromatic rings. The highest BCUT2D eigenvalue weighted by atomic mass is 19.1. The van der Waals surface area contributed by atoms with E-state index in [9.17, 15) is 4.39 Å². The van der Waals surface area contributed by atoms with Gasteiger partial charge in [0.15, 0.2) is 11.5 Å². The Balaban J connectivity index is 2.11. The second kappa shape index (κ2) is 4.43. The first kappa shape index (κ1) is 10.8. The summed E-state index contributed by atoms with van der Waals surface area (Å²) < 4.78 is 23.8. The normalized spacial score (nSPS) is 14.1. The smallest absolute Gasteiger partial charge is 0.231 e. The second-order valence-electron chi connectivity index (χ2n) is 3.90. The maximum Gasteiger partial charge on any atom is 0.231 e. The van der Waals surface area contributed by atoms with Crippen molar-refractivity contribution in [1.29, 1.82) is 0 Å². The summed E-state index contributed by atoms with van der Waals surface area (Å²) in [5, 5.41) is 0. The Hall–Kier alpha value is -1.71. The second-order valence-corrected chi connectivity index (χ2v) is 3.90. The van der Waals surface area contributed by atoms with E-state index in [2.05, 4.69) is 0 Å². The molecular weight excluding hydrogens is 209 g/mol. The van der Waals surface area contributed by atoms with Gasteiger partial charge in [0.1, 0.15) is 5.83 Å². The van der Waals surface area contributed by atoms with E-state index >= 15 is 0 Å². The number of nitrogens with zero attached hydrogens (tertiary/aromatic N) is 1. The number of allylic oxidation sites excluding steroid dienone is 1. The van der Waals surface area contributed by atoms with Crippen molar-refractivity contribution in [1.82, 2.24) is 4.90 Å². The Morgan fingerprint density at radius 1 is 1.38 bits per heavy atom. The fraction of sp³-hybridized carbons (Fsp3) is 0.333. The van der Waals surface area contributed by atoms with Crippen LogP contribution < -0.4 is 9.47 Å². The topological polar surface area (TPSA) is 21.7 Å². The van der Waals surface area contributed by atoms with Crippen molar-refractivity contribution in [3.8, 4) is 11.5 Å². The van der Waals surface area contributed by atoms with E-state index in [0.29, 0.717) is 5.75 Å². The summed E-state index contributed by atoms with van der Waals surface area (Å²) in [6.07, 6.45) is 1.74. The molecule has 0 N–H and O–H groups in total. The molecule has 3 nitrogen and oxygen atoms in total. The van der Waals surface area contributed by atoms with Crippen LogP contribution in [0.3, 0.4) is 0 Å². The molecule has 0 unspecified atom stereocenters. The zero-order chi connectivity index (χ0) is 11.5. The first-order valence-electron chi connectivity index (χ1n) is 5.06. The van der Waals surface area contributed by atoms with Crippen molar-refractivity contribution in [3.05, 3.63) is 35.8 Å². The van der Waals surface area contributed by atoms with Crippen molar-refractivity contribution >= 4 is 0 Å². The van der Waals surface area contributed by atoms with Gasteiger partial charge in [0, 0.05) is 26.7 Å². The fourth-order valence-corrected chi connectivity index (χ4v) is 1.57. The highest BCUT2D eigenvalue weighted by Crippen LogP contribution is 2.33. The Kier molecular flexibility index (Phi) is 2.99. The van der Waals surface area contributed by atoms with E-state index in [1.165, 1.54) is 6.20 Å². The van der Waals surface area contributed by atoms with Crippen LogP contribution in [-0.2, 0) is 6.42 Å². The van der Waals surface area contributed by atoms with Gasteiger partial charge in [-0.05, 0) is 17.7 Å². The molecule has 0 saturated carbocycles. The summed E-state index contributed by atoms with van der Waals surface area (Å²) in [7, 11) is 3.58. The third-order valence-electron chi connectivity index (χ3n) is 2.21. The summed E-state index contributed by atoms with van der Waals surface area (Å²) in [4.78, 5) is 1.68. The molecule has 0 bridgehead atoms. The number of hydrogen-bond acceptors (Lipinski definition) is 3. The van der Waals surface area contributed by atoms with Crippen molar-refractivity contribution in [3.63, 3.8) is 0 Å². The molecule has 0 saturated heterocycles.